The number of hydrogen-bond acceptors (Lipinski definition) is 2. The quantitative estimate of drug-likeness (QED) is 0.844. The summed E-state index contributed by atoms with van der Waals surface area (Å²) in [7, 11) is 0. The van der Waals surface area contributed by atoms with Gasteiger partial charge in [0.2, 0.25) is 0 Å². The van der Waals surface area contributed by atoms with E-state index in [9.17, 15) is 26.3 Å². The van der Waals surface area contributed by atoms with E-state index in [2.05, 4.69) is 4.98 Å². The van der Waals surface area contributed by atoms with E-state index >= 15 is 0 Å². The topological polar surface area (TPSA) is 33.1 Å². The summed E-state index contributed by atoms with van der Waals surface area (Å²) in [6.07, 6.45) is -11.4. The molecule has 0 radical (unpaired) electrons. The zero-order chi connectivity index (χ0) is 15.1. The molecule has 1 N–H and O–H groups in total. The Morgan fingerprint density at radius 3 is 1.74 bits per heavy atom. The van der Waals surface area contributed by atoms with Crippen molar-refractivity contribution in [2.45, 2.75) is 37.7 Å². The van der Waals surface area contributed by atoms with Gasteiger partial charge in [-0.2, -0.15) is 26.3 Å². The van der Waals surface area contributed by atoms with Crippen LogP contribution in [0.4, 0.5) is 26.3 Å². The zero-order valence-electron chi connectivity index (χ0n) is 9.97. The number of aromatic nitrogens is 1. The second-order valence-corrected chi connectivity index (χ2v) is 4.33. The van der Waals surface area contributed by atoms with Crippen LogP contribution in [-0.4, -0.2) is 22.4 Å². The molecule has 0 unspecified atom stereocenters. The van der Waals surface area contributed by atoms with Gasteiger partial charge < -0.3 is 5.11 Å². The van der Waals surface area contributed by atoms with Crippen molar-refractivity contribution in [1.82, 2.24) is 4.98 Å². The van der Waals surface area contributed by atoms with Crippen LogP contribution in [-0.2, 0) is 5.60 Å². The van der Waals surface area contributed by atoms with Crippen molar-refractivity contribution in [2.24, 2.45) is 0 Å². The summed E-state index contributed by atoms with van der Waals surface area (Å²) in [4.78, 5) is 3.51. The van der Waals surface area contributed by atoms with E-state index in [0.29, 0.717) is 18.0 Å². The summed E-state index contributed by atoms with van der Waals surface area (Å²) in [5.41, 5.74) is -5.94. The van der Waals surface area contributed by atoms with Gasteiger partial charge in [0.25, 0.3) is 5.60 Å². The summed E-state index contributed by atoms with van der Waals surface area (Å²) in [5.74, 6) is -0.154. The van der Waals surface area contributed by atoms with Crippen molar-refractivity contribution < 1.29 is 31.4 Å². The standard InChI is InChI=1S/C11H11F6NO/c1-6(2)8-4-3-7(5-18-8)9(19,10(12,13)14)11(15,16)17/h3-6,19H,1-2H3. The highest BCUT2D eigenvalue weighted by atomic mass is 19.4. The molecule has 0 aliphatic carbocycles. The lowest BCUT2D eigenvalue weighted by atomic mass is 9.93. The van der Waals surface area contributed by atoms with Crippen LogP contribution in [0.2, 0.25) is 0 Å². The Kier molecular flexibility index (Phi) is 3.86. The van der Waals surface area contributed by atoms with Crippen molar-refractivity contribution in [1.29, 1.82) is 0 Å². The highest BCUT2D eigenvalue weighted by molar-refractivity contribution is 5.26. The molecule has 0 saturated heterocycles. The monoisotopic (exact) mass is 287 g/mol. The lowest BCUT2D eigenvalue weighted by molar-refractivity contribution is -0.376. The maximum Gasteiger partial charge on any atom is 0.430 e. The van der Waals surface area contributed by atoms with Crippen LogP contribution in [0.1, 0.15) is 31.0 Å². The van der Waals surface area contributed by atoms with E-state index in [1.54, 1.807) is 13.8 Å². The van der Waals surface area contributed by atoms with Crippen LogP contribution in [0.15, 0.2) is 18.3 Å². The van der Waals surface area contributed by atoms with E-state index < -0.39 is 23.5 Å². The minimum atomic E-state index is -5.88. The third-order valence-electron chi connectivity index (χ3n) is 2.62. The first-order valence-corrected chi connectivity index (χ1v) is 5.23. The average molecular weight is 287 g/mol. The number of nitrogens with zero attached hydrogens (tertiary/aromatic N) is 1. The number of hydrogen-bond donors (Lipinski definition) is 1. The summed E-state index contributed by atoms with van der Waals surface area (Å²) in [6, 6.07) is 1.62. The molecule has 2 nitrogen and oxygen atoms in total. The summed E-state index contributed by atoms with van der Waals surface area (Å²) < 4.78 is 75.3. The molecule has 8 heteroatoms. The van der Waals surface area contributed by atoms with Crippen LogP contribution in [0.25, 0.3) is 0 Å². The summed E-state index contributed by atoms with van der Waals surface area (Å²) >= 11 is 0. The van der Waals surface area contributed by atoms with Crippen LogP contribution in [0, 0.1) is 0 Å². The molecule has 1 rings (SSSR count). The molecule has 0 atom stereocenters. The highest BCUT2D eigenvalue weighted by Gasteiger charge is 2.71. The van der Waals surface area contributed by atoms with E-state index in [0.717, 1.165) is 6.07 Å². The van der Waals surface area contributed by atoms with Crippen molar-refractivity contribution in [3.63, 3.8) is 0 Å². The Balaban J connectivity index is 3.36. The van der Waals surface area contributed by atoms with Crippen LogP contribution in [0.3, 0.4) is 0 Å². The highest BCUT2D eigenvalue weighted by Crippen LogP contribution is 2.49. The molecular formula is C11H11F6NO. The fourth-order valence-electron chi connectivity index (χ4n) is 1.45. The van der Waals surface area contributed by atoms with Crippen LogP contribution in [0.5, 0.6) is 0 Å². The first-order chi connectivity index (χ1) is 8.41. The van der Waals surface area contributed by atoms with E-state index in [1.807, 2.05) is 0 Å². The number of alkyl halides is 6. The molecule has 0 fully saturated rings. The summed E-state index contributed by atoms with van der Waals surface area (Å²) in [6.45, 7) is 3.36. The van der Waals surface area contributed by atoms with E-state index in [4.69, 9.17) is 5.11 Å². The molecule has 0 aliphatic heterocycles. The molecule has 1 aromatic heterocycles. The molecule has 0 aliphatic rings. The summed E-state index contributed by atoms with van der Waals surface area (Å²) in [5, 5.41) is 9.10. The zero-order valence-corrected chi connectivity index (χ0v) is 9.97. The molecule has 1 aromatic rings. The van der Waals surface area contributed by atoms with Gasteiger partial charge in [-0.15, -0.1) is 0 Å². The van der Waals surface area contributed by atoms with Gasteiger partial charge in [0.15, 0.2) is 0 Å². The number of halogens is 6. The van der Waals surface area contributed by atoms with Gasteiger partial charge >= 0.3 is 12.4 Å². The van der Waals surface area contributed by atoms with Crippen molar-refractivity contribution >= 4 is 0 Å². The largest absolute Gasteiger partial charge is 0.430 e. The second kappa shape index (κ2) is 4.66. The molecule has 0 amide bonds. The molecule has 0 spiro atoms. The van der Waals surface area contributed by atoms with Gasteiger partial charge in [-0.25, -0.2) is 0 Å². The SMILES string of the molecule is CC(C)c1ccc(C(O)(C(F)(F)F)C(F)(F)F)cn1. The predicted octanol–water partition coefficient (Wildman–Crippen LogP) is 3.52. The fraction of sp³-hybridized carbons (Fsp3) is 0.545. The number of rotatable bonds is 2. The van der Waals surface area contributed by atoms with Gasteiger partial charge in [0.05, 0.1) is 0 Å². The fourth-order valence-corrected chi connectivity index (χ4v) is 1.45. The predicted molar refractivity (Wildman–Crippen MR) is 54.3 cm³/mol. The van der Waals surface area contributed by atoms with Gasteiger partial charge in [-0.05, 0) is 12.0 Å². The number of aliphatic hydroxyl groups is 1. The third-order valence-corrected chi connectivity index (χ3v) is 2.62. The van der Waals surface area contributed by atoms with Gasteiger partial charge in [-0.3, -0.25) is 4.98 Å². The Morgan fingerprint density at radius 1 is 1.00 bits per heavy atom. The molecule has 1 heterocycles. The Hall–Kier alpha value is -1.31. The Morgan fingerprint density at radius 2 is 1.47 bits per heavy atom. The average Bonchev–Trinajstić information content (AvgIpc) is 2.25. The first kappa shape index (κ1) is 15.7. The minimum absolute atomic E-state index is 0.154. The van der Waals surface area contributed by atoms with Crippen molar-refractivity contribution in [3.8, 4) is 0 Å². The van der Waals surface area contributed by atoms with Crippen molar-refractivity contribution in [2.75, 3.05) is 0 Å². The normalized spacial score (nSPS) is 14.0. The lowest BCUT2D eigenvalue weighted by Crippen LogP contribution is -2.54. The third kappa shape index (κ3) is 2.68. The van der Waals surface area contributed by atoms with Gasteiger partial charge in [-0.1, -0.05) is 19.9 Å². The first-order valence-electron chi connectivity index (χ1n) is 5.23. The molecule has 19 heavy (non-hydrogen) atoms. The molecule has 0 bridgehead atoms. The molecule has 0 aromatic carbocycles. The van der Waals surface area contributed by atoms with Gasteiger partial charge in [0, 0.05) is 17.5 Å². The number of pyridine rings is 1. The van der Waals surface area contributed by atoms with Crippen LogP contribution >= 0.6 is 0 Å². The molecule has 108 valence electrons. The Bertz CT molecular complexity index is 420. The van der Waals surface area contributed by atoms with Gasteiger partial charge in [0.1, 0.15) is 0 Å². The Labute approximate surface area is 105 Å². The molecular weight excluding hydrogens is 276 g/mol. The maximum atomic E-state index is 12.5. The lowest BCUT2D eigenvalue weighted by Gasteiger charge is -2.32. The minimum Gasteiger partial charge on any atom is -0.369 e. The maximum absolute atomic E-state index is 12.5. The van der Waals surface area contributed by atoms with Crippen molar-refractivity contribution in [3.05, 3.63) is 29.6 Å². The molecule has 0 saturated carbocycles. The second-order valence-electron chi connectivity index (χ2n) is 4.33. The smallest absolute Gasteiger partial charge is 0.369 e. The van der Waals surface area contributed by atoms with E-state index in [1.165, 1.54) is 0 Å². The van der Waals surface area contributed by atoms with Crippen LogP contribution < -0.4 is 0 Å². The van der Waals surface area contributed by atoms with E-state index in [-0.39, 0.29) is 5.92 Å².